The summed E-state index contributed by atoms with van der Waals surface area (Å²) in [5, 5.41) is 3.72. The maximum absolute atomic E-state index is 12.6. The van der Waals surface area contributed by atoms with E-state index in [4.69, 9.17) is 0 Å². The van der Waals surface area contributed by atoms with Crippen molar-refractivity contribution in [2.45, 2.75) is 11.8 Å². The fraction of sp³-hybridized carbons (Fsp3) is 0.118. The molecular weight excluding hydrogens is 298 g/mol. The fourth-order valence-corrected chi connectivity index (χ4v) is 2.22. The first-order valence-electron chi connectivity index (χ1n) is 6.61. The highest BCUT2D eigenvalue weighted by atomic mass is 32.2. The van der Waals surface area contributed by atoms with Crippen molar-refractivity contribution in [2.75, 3.05) is 6.26 Å². The van der Waals surface area contributed by atoms with Crippen molar-refractivity contribution in [1.82, 2.24) is 0 Å². The van der Waals surface area contributed by atoms with Crippen molar-refractivity contribution in [1.29, 1.82) is 0 Å². The lowest BCUT2D eigenvalue weighted by Crippen LogP contribution is -2.17. The highest BCUT2D eigenvalue weighted by molar-refractivity contribution is 7.98. The summed E-state index contributed by atoms with van der Waals surface area (Å²) < 4.78 is 0. The molecule has 2 rings (SSSR count). The Labute approximate surface area is 133 Å². The van der Waals surface area contributed by atoms with Crippen molar-refractivity contribution in [2.24, 2.45) is 5.16 Å². The van der Waals surface area contributed by atoms with Crippen LogP contribution in [0.15, 0.2) is 64.6 Å². The second-order valence-electron chi connectivity index (χ2n) is 4.45. The van der Waals surface area contributed by atoms with Crippen LogP contribution in [0.2, 0.25) is 0 Å². The summed E-state index contributed by atoms with van der Waals surface area (Å²) in [6.07, 6.45) is 1.97. The van der Waals surface area contributed by atoms with Crippen LogP contribution < -0.4 is 0 Å². The van der Waals surface area contributed by atoms with Gasteiger partial charge in [0, 0.05) is 22.9 Å². The van der Waals surface area contributed by atoms with Crippen LogP contribution in [-0.2, 0) is 9.63 Å². The topological polar surface area (TPSA) is 55.7 Å². The molecule has 0 atom stereocenters. The molecule has 0 fully saturated rings. The summed E-state index contributed by atoms with van der Waals surface area (Å²) in [7, 11) is 0. The van der Waals surface area contributed by atoms with Gasteiger partial charge in [-0.2, -0.15) is 0 Å². The molecule has 0 aliphatic rings. The number of ketones is 1. The smallest absolute Gasteiger partial charge is 0.318 e. The zero-order valence-electron chi connectivity index (χ0n) is 12.3. The number of nitrogens with zero attached hydrogens (tertiary/aromatic N) is 1. The van der Waals surface area contributed by atoms with E-state index in [9.17, 15) is 9.59 Å². The largest absolute Gasteiger partial charge is 0.332 e. The van der Waals surface area contributed by atoms with E-state index in [0.717, 1.165) is 4.90 Å². The van der Waals surface area contributed by atoms with E-state index in [0.29, 0.717) is 11.1 Å². The highest BCUT2D eigenvalue weighted by Crippen LogP contribution is 2.16. The molecule has 0 aliphatic carbocycles. The Balaban J connectivity index is 2.37. The van der Waals surface area contributed by atoms with Crippen molar-refractivity contribution in [3.8, 4) is 0 Å². The van der Waals surface area contributed by atoms with E-state index in [1.54, 1.807) is 48.2 Å². The van der Waals surface area contributed by atoms with E-state index in [1.807, 2.05) is 24.5 Å². The van der Waals surface area contributed by atoms with E-state index in [-0.39, 0.29) is 11.5 Å². The van der Waals surface area contributed by atoms with Gasteiger partial charge >= 0.3 is 5.97 Å². The van der Waals surface area contributed by atoms with Gasteiger partial charge in [-0.1, -0.05) is 35.5 Å². The third-order valence-electron chi connectivity index (χ3n) is 2.88. The second kappa shape index (κ2) is 7.56. The first kappa shape index (κ1) is 16.0. The van der Waals surface area contributed by atoms with Crippen LogP contribution >= 0.6 is 11.8 Å². The van der Waals surface area contributed by atoms with Gasteiger partial charge in [0.05, 0.1) is 0 Å². The molecule has 112 valence electrons. The lowest BCUT2D eigenvalue weighted by molar-refractivity contribution is -0.140. The normalized spacial score (nSPS) is 11.1. The molecule has 0 heterocycles. The number of thioether (sulfide) groups is 1. The minimum atomic E-state index is -0.570. The van der Waals surface area contributed by atoms with Crippen molar-refractivity contribution in [3.63, 3.8) is 0 Å². The van der Waals surface area contributed by atoms with Crippen LogP contribution in [0.5, 0.6) is 0 Å². The van der Waals surface area contributed by atoms with Gasteiger partial charge in [-0.05, 0) is 30.5 Å². The molecule has 0 unspecified atom stereocenters. The molecule has 0 amide bonds. The average molecular weight is 313 g/mol. The van der Waals surface area contributed by atoms with Crippen molar-refractivity contribution < 1.29 is 14.4 Å². The van der Waals surface area contributed by atoms with Crippen LogP contribution in [0.3, 0.4) is 0 Å². The first-order chi connectivity index (χ1) is 10.6. The van der Waals surface area contributed by atoms with Gasteiger partial charge in [0.2, 0.25) is 5.78 Å². The van der Waals surface area contributed by atoms with Crippen LogP contribution in [0.1, 0.15) is 22.8 Å². The summed E-state index contributed by atoms with van der Waals surface area (Å²) in [4.78, 5) is 29.3. The number of hydrogen-bond acceptors (Lipinski definition) is 5. The Kier molecular flexibility index (Phi) is 5.49. The third kappa shape index (κ3) is 4.05. The van der Waals surface area contributed by atoms with Crippen LogP contribution in [0, 0.1) is 0 Å². The summed E-state index contributed by atoms with van der Waals surface area (Å²) in [6, 6.07) is 16.1. The molecule has 4 nitrogen and oxygen atoms in total. The molecule has 0 saturated heterocycles. The minimum Gasteiger partial charge on any atom is -0.318 e. The van der Waals surface area contributed by atoms with E-state index in [1.165, 1.54) is 6.92 Å². The lowest BCUT2D eigenvalue weighted by atomic mass is 10.0. The summed E-state index contributed by atoms with van der Waals surface area (Å²) in [5.41, 5.74) is 1.20. The molecule has 2 aromatic carbocycles. The van der Waals surface area contributed by atoms with Crippen molar-refractivity contribution in [3.05, 3.63) is 65.7 Å². The number of carbonyl (C=O) groups is 2. The quantitative estimate of drug-likeness (QED) is 0.278. The molecule has 5 heteroatoms. The minimum absolute atomic E-state index is 0.104. The lowest BCUT2D eigenvalue weighted by Gasteiger charge is -2.06. The van der Waals surface area contributed by atoms with Gasteiger partial charge in [0.25, 0.3) is 0 Å². The standard InChI is InChI=1S/C17H15NO3S/c1-12(19)21-18-16(13-6-4-3-5-7-13)17(20)14-8-10-15(22-2)11-9-14/h3-11H,1-2H3/b18-16+. The van der Waals surface area contributed by atoms with Gasteiger partial charge in [-0.15, -0.1) is 11.8 Å². The van der Waals surface area contributed by atoms with Crippen LogP contribution in [0.25, 0.3) is 0 Å². The predicted octanol–water partition coefficient (Wildman–Crippen LogP) is 3.56. The van der Waals surface area contributed by atoms with Gasteiger partial charge < -0.3 is 4.84 Å². The number of benzene rings is 2. The van der Waals surface area contributed by atoms with Gasteiger partial charge in [-0.3, -0.25) is 4.79 Å². The molecular formula is C17H15NO3S. The third-order valence-corrected chi connectivity index (χ3v) is 3.62. The summed E-state index contributed by atoms with van der Waals surface area (Å²) >= 11 is 1.60. The molecule has 2 aromatic rings. The zero-order chi connectivity index (χ0) is 15.9. The predicted molar refractivity (Wildman–Crippen MR) is 87.3 cm³/mol. The molecule has 0 N–H and O–H groups in total. The number of oxime groups is 1. The van der Waals surface area contributed by atoms with Crippen molar-refractivity contribution >= 4 is 29.2 Å². The van der Waals surface area contributed by atoms with E-state index in [2.05, 4.69) is 9.99 Å². The molecule has 0 bridgehead atoms. The molecule has 0 spiro atoms. The molecule has 0 radical (unpaired) electrons. The number of Topliss-reactive ketones (excluding diaryl/α,β-unsaturated/α-hetero) is 1. The summed E-state index contributed by atoms with van der Waals surface area (Å²) in [6.45, 7) is 1.24. The maximum atomic E-state index is 12.6. The second-order valence-corrected chi connectivity index (χ2v) is 5.33. The Bertz CT molecular complexity index is 694. The highest BCUT2D eigenvalue weighted by Gasteiger charge is 2.17. The number of carbonyl (C=O) groups excluding carboxylic acids is 2. The fourth-order valence-electron chi connectivity index (χ4n) is 1.81. The van der Waals surface area contributed by atoms with Crippen LogP contribution in [-0.4, -0.2) is 23.7 Å². The molecule has 22 heavy (non-hydrogen) atoms. The Morgan fingerprint density at radius 1 is 0.955 bits per heavy atom. The number of hydrogen-bond donors (Lipinski definition) is 0. The van der Waals surface area contributed by atoms with Gasteiger partial charge in [-0.25, -0.2) is 4.79 Å². The summed E-state index contributed by atoms with van der Waals surface area (Å²) in [5.74, 6) is -0.862. The van der Waals surface area contributed by atoms with Crippen LogP contribution in [0.4, 0.5) is 0 Å². The van der Waals surface area contributed by atoms with Gasteiger partial charge in [0.15, 0.2) is 5.71 Å². The SMILES string of the molecule is CSc1ccc(C(=O)/C(=N/OC(C)=O)c2ccccc2)cc1. The Hall–Kier alpha value is -2.40. The van der Waals surface area contributed by atoms with E-state index >= 15 is 0 Å². The Morgan fingerprint density at radius 3 is 2.14 bits per heavy atom. The number of rotatable bonds is 5. The average Bonchev–Trinajstić information content (AvgIpc) is 2.55. The monoisotopic (exact) mass is 313 g/mol. The molecule has 0 aromatic heterocycles. The maximum Gasteiger partial charge on any atom is 0.332 e. The first-order valence-corrected chi connectivity index (χ1v) is 7.84. The molecule has 0 aliphatic heterocycles. The van der Waals surface area contributed by atoms with E-state index < -0.39 is 5.97 Å². The van der Waals surface area contributed by atoms with Gasteiger partial charge in [0.1, 0.15) is 0 Å². The Morgan fingerprint density at radius 2 is 1.59 bits per heavy atom. The molecule has 0 saturated carbocycles. The zero-order valence-corrected chi connectivity index (χ0v) is 13.1.